The molecular weight excluding hydrogens is 362 g/mol. The molecule has 140 valence electrons. The maximum atomic E-state index is 11.2. The van der Waals surface area contributed by atoms with Crippen LogP contribution in [0.15, 0.2) is 71.7 Å². The highest BCUT2D eigenvalue weighted by Crippen LogP contribution is 2.34. The van der Waals surface area contributed by atoms with Crippen molar-refractivity contribution in [3.05, 3.63) is 98.1 Å². The molecule has 0 bridgehead atoms. The third-order valence-corrected chi connectivity index (χ3v) is 3.83. The fraction of sp³-hybridized carbons (Fsp3) is 0.0500. The van der Waals surface area contributed by atoms with Crippen LogP contribution in [0.3, 0.4) is 0 Å². The third kappa shape index (κ3) is 4.55. The number of hydrogen-bond donors (Lipinski definition) is 0. The van der Waals surface area contributed by atoms with Gasteiger partial charge in [0.15, 0.2) is 0 Å². The average Bonchev–Trinajstić information content (AvgIpc) is 2.68. The van der Waals surface area contributed by atoms with Gasteiger partial charge < -0.3 is 4.74 Å². The first kappa shape index (κ1) is 18.7. The van der Waals surface area contributed by atoms with Crippen molar-refractivity contribution in [2.75, 3.05) is 0 Å². The summed E-state index contributed by atoms with van der Waals surface area (Å²) in [6.07, 6.45) is 1.65. The molecule has 0 atom stereocenters. The van der Waals surface area contributed by atoms with Gasteiger partial charge in [0.1, 0.15) is 5.75 Å². The molecule has 0 amide bonds. The van der Waals surface area contributed by atoms with E-state index in [1.54, 1.807) is 24.4 Å². The molecule has 0 heterocycles. The molecule has 0 aromatic heterocycles. The van der Waals surface area contributed by atoms with Crippen molar-refractivity contribution < 1.29 is 14.6 Å². The Balaban J connectivity index is 1.84. The number of hydrogen-bond acceptors (Lipinski definition) is 6. The van der Waals surface area contributed by atoms with E-state index in [0.29, 0.717) is 5.75 Å². The summed E-state index contributed by atoms with van der Waals surface area (Å²) in [5.74, 6) is 0.271. The smallest absolute Gasteiger partial charge is 0.318 e. The molecule has 0 N–H and O–H groups in total. The molecule has 28 heavy (non-hydrogen) atoms. The monoisotopic (exact) mass is 377 g/mol. The Kier molecular flexibility index (Phi) is 5.40. The van der Waals surface area contributed by atoms with E-state index in [-0.39, 0.29) is 11.4 Å². The van der Waals surface area contributed by atoms with Gasteiger partial charge in [0, 0.05) is 12.3 Å². The Morgan fingerprint density at radius 3 is 2.36 bits per heavy atom. The van der Waals surface area contributed by atoms with Crippen molar-refractivity contribution in [2.45, 2.75) is 6.92 Å². The van der Waals surface area contributed by atoms with Crippen molar-refractivity contribution in [3.8, 4) is 11.5 Å². The van der Waals surface area contributed by atoms with Gasteiger partial charge in [0.2, 0.25) is 5.75 Å². The summed E-state index contributed by atoms with van der Waals surface area (Å²) in [6, 6.07) is 17.8. The van der Waals surface area contributed by atoms with Crippen molar-refractivity contribution in [1.82, 2.24) is 0 Å². The zero-order valence-corrected chi connectivity index (χ0v) is 14.8. The van der Waals surface area contributed by atoms with Crippen LogP contribution in [0.2, 0.25) is 0 Å². The van der Waals surface area contributed by atoms with Gasteiger partial charge in [-0.15, -0.1) is 0 Å². The summed E-state index contributed by atoms with van der Waals surface area (Å²) in [5, 5.41) is 22.0. The molecule has 0 spiro atoms. The summed E-state index contributed by atoms with van der Waals surface area (Å²) in [7, 11) is 0. The van der Waals surface area contributed by atoms with Crippen molar-refractivity contribution >= 4 is 23.3 Å². The van der Waals surface area contributed by atoms with Gasteiger partial charge in [-0.25, -0.2) is 0 Å². The van der Waals surface area contributed by atoms with Crippen LogP contribution < -0.4 is 4.74 Å². The van der Waals surface area contributed by atoms with E-state index < -0.39 is 15.5 Å². The third-order valence-electron chi connectivity index (χ3n) is 3.83. The van der Waals surface area contributed by atoms with Crippen LogP contribution in [0, 0.1) is 27.2 Å². The molecule has 3 aromatic carbocycles. The summed E-state index contributed by atoms with van der Waals surface area (Å²) in [4.78, 5) is 25.0. The second kappa shape index (κ2) is 8.09. The quantitative estimate of drug-likeness (QED) is 0.327. The molecule has 8 heteroatoms. The number of benzene rings is 3. The first-order valence-electron chi connectivity index (χ1n) is 8.24. The second-order valence-corrected chi connectivity index (χ2v) is 5.93. The zero-order valence-electron chi connectivity index (χ0n) is 14.8. The lowest BCUT2D eigenvalue weighted by molar-refractivity contribution is -0.394. The number of nitro benzene ring substituents is 2. The van der Waals surface area contributed by atoms with E-state index in [4.69, 9.17) is 4.74 Å². The standard InChI is InChI=1S/C20H15N3O5/c1-14-5-7-16(8-6-14)21-13-15-3-2-4-18(11-15)28-20-10-9-17(22(24)25)12-19(20)23(26)27/h2-13H,1H3. The summed E-state index contributed by atoms with van der Waals surface area (Å²) in [5.41, 5.74) is 1.82. The number of rotatable bonds is 6. The van der Waals surface area contributed by atoms with E-state index in [1.165, 1.54) is 6.07 Å². The van der Waals surface area contributed by atoms with E-state index >= 15 is 0 Å². The van der Waals surface area contributed by atoms with Gasteiger partial charge in [-0.1, -0.05) is 29.8 Å². The van der Waals surface area contributed by atoms with Crippen molar-refractivity contribution in [3.63, 3.8) is 0 Å². The van der Waals surface area contributed by atoms with Crippen molar-refractivity contribution in [1.29, 1.82) is 0 Å². The molecule has 0 fully saturated rings. The van der Waals surface area contributed by atoms with Gasteiger partial charge in [-0.2, -0.15) is 0 Å². The van der Waals surface area contributed by atoms with Crippen LogP contribution in [0.1, 0.15) is 11.1 Å². The lowest BCUT2D eigenvalue weighted by Crippen LogP contribution is -1.96. The molecule has 0 aliphatic rings. The first-order chi connectivity index (χ1) is 13.4. The van der Waals surface area contributed by atoms with Gasteiger partial charge in [0.25, 0.3) is 5.69 Å². The maximum Gasteiger partial charge on any atom is 0.318 e. The molecule has 0 saturated carbocycles. The largest absolute Gasteiger partial charge is 0.450 e. The Morgan fingerprint density at radius 1 is 0.929 bits per heavy atom. The number of nitrogens with zero attached hydrogens (tertiary/aromatic N) is 3. The van der Waals surface area contributed by atoms with Gasteiger partial charge >= 0.3 is 5.69 Å². The Morgan fingerprint density at radius 2 is 1.68 bits per heavy atom. The average molecular weight is 377 g/mol. The molecule has 0 aliphatic carbocycles. The summed E-state index contributed by atoms with van der Waals surface area (Å²) >= 11 is 0. The predicted molar refractivity (Wildman–Crippen MR) is 105 cm³/mol. The highest BCUT2D eigenvalue weighted by atomic mass is 16.6. The summed E-state index contributed by atoms with van der Waals surface area (Å²) in [6.45, 7) is 1.99. The van der Waals surface area contributed by atoms with Gasteiger partial charge in [-0.3, -0.25) is 25.2 Å². The van der Waals surface area contributed by atoms with Crippen LogP contribution in [-0.2, 0) is 0 Å². The lowest BCUT2D eigenvalue weighted by atomic mass is 10.2. The molecule has 0 radical (unpaired) electrons. The van der Waals surface area contributed by atoms with Crippen LogP contribution in [0.25, 0.3) is 0 Å². The minimum Gasteiger partial charge on any atom is -0.450 e. The molecule has 0 saturated heterocycles. The lowest BCUT2D eigenvalue weighted by Gasteiger charge is -2.07. The highest BCUT2D eigenvalue weighted by Gasteiger charge is 2.21. The number of aliphatic imine (C=N–C) groups is 1. The van der Waals surface area contributed by atoms with E-state index in [2.05, 4.69) is 4.99 Å². The highest BCUT2D eigenvalue weighted by molar-refractivity contribution is 5.82. The predicted octanol–water partition coefficient (Wildman–Crippen LogP) is 5.35. The SMILES string of the molecule is Cc1ccc(N=Cc2cccc(Oc3ccc([N+](=O)[O-])cc3[N+](=O)[O-])c2)cc1. The molecule has 0 unspecified atom stereocenters. The Bertz CT molecular complexity index is 1060. The van der Waals surface area contributed by atoms with Crippen LogP contribution in [0.4, 0.5) is 17.1 Å². The normalized spacial score (nSPS) is 10.8. The van der Waals surface area contributed by atoms with E-state index in [9.17, 15) is 20.2 Å². The molecule has 8 nitrogen and oxygen atoms in total. The molecule has 0 aliphatic heterocycles. The molecule has 3 aromatic rings. The topological polar surface area (TPSA) is 108 Å². The summed E-state index contributed by atoms with van der Waals surface area (Å²) < 4.78 is 5.59. The van der Waals surface area contributed by atoms with Crippen LogP contribution in [-0.4, -0.2) is 16.1 Å². The number of non-ortho nitro benzene ring substituents is 1. The van der Waals surface area contributed by atoms with E-state index in [1.807, 2.05) is 37.3 Å². The van der Waals surface area contributed by atoms with Crippen LogP contribution >= 0.6 is 0 Å². The first-order valence-corrected chi connectivity index (χ1v) is 8.24. The fourth-order valence-electron chi connectivity index (χ4n) is 2.41. The maximum absolute atomic E-state index is 11.2. The fourth-order valence-corrected chi connectivity index (χ4v) is 2.41. The van der Waals surface area contributed by atoms with Crippen LogP contribution in [0.5, 0.6) is 11.5 Å². The minimum atomic E-state index is -0.717. The van der Waals surface area contributed by atoms with E-state index in [0.717, 1.165) is 28.9 Å². The number of ether oxygens (including phenoxy) is 1. The van der Waals surface area contributed by atoms with Gasteiger partial charge in [-0.05, 0) is 42.8 Å². The number of aryl methyl sites for hydroxylation is 1. The second-order valence-electron chi connectivity index (χ2n) is 5.93. The Hall–Kier alpha value is -4.07. The Labute approximate surface area is 160 Å². The zero-order chi connectivity index (χ0) is 20.1. The van der Waals surface area contributed by atoms with Crippen molar-refractivity contribution in [2.24, 2.45) is 4.99 Å². The van der Waals surface area contributed by atoms with Gasteiger partial charge in [0.05, 0.1) is 21.6 Å². The molecule has 3 rings (SSSR count). The minimum absolute atomic E-state index is 0.0803. The molecular formula is C20H15N3O5. The number of nitro groups is 2.